The quantitative estimate of drug-likeness (QED) is 0.682. The minimum Gasteiger partial charge on any atom is -0.378 e. The number of amides is 1. The fourth-order valence-corrected chi connectivity index (χ4v) is 3.77. The molecule has 0 N–H and O–H groups in total. The molecule has 26 heavy (non-hydrogen) atoms. The van der Waals surface area contributed by atoms with Crippen LogP contribution in [-0.4, -0.2) is 46.5 Å². The highest BCUT2D eigenvalue weighted by Crippen LogP contribution is 2.34. The zero-order valence-corrected chi connectivity index (χ0v) is 14.3. The van der Waals surface area contributed by atoms with E-state index in [1.807, 2.05) is 0 Å². The summed E-state index contributed by atoms with van der Waals surface area (Å²) in [5.74, 6) is -0.162. The number of aromatic nitrogens is 2. The molecule has 4 rings (SSSR count). The molecule has 0 aliphatic carbocycles. The second-order valence-electron chi connectivity index (χ2n) is 5.89. The fraction of sp³-hybridized carbons (Fsp3) is 0.294. The summed E-state index contributed by atoms with van der Waals surface area (Å²) in [7, 11) is 0. The molecule has 1 aliphatic rings. The Hall–Kier alpha value is -2.39. The van der Waals surface area contributed by atoms with Crippen LogP contribution in [0.3, 0.4) is 0 Å². The number of rotatable bonds is 2. The molecular weight excluding hydrogens is 367 g/mol. The summed E-state index contributed by atoms with van der Waals surface area (Å²) in [6.07, 6.45) is -1.08. The van der Waals surface area contributed by atoms with Gasteiger partial charge in [-0.3, -0.25) is 9.20 Å². The number of alkyl halides is 3. The molecule has 0 atom stereocenters. The normalized spacial score (nSPS) is 15.6. The molecule has 0 radical (unpaired) electrons. The number of benzene rings is 1. The molecule has 136 valence electrons. The molecule has 0 unspecified atom stereocenters. The summed E-state index contributed by atoms with van der Waals surface area (Å²) in [4.78, 5) is 19.7. The third-order valence-corrected chi connectivity index (χ3v) is 5.19. The maximum absolute atomic E-state index is 12.9. The SMILES string of the molecule is O=C(c1cn2cc(-c3cccc(C(F)(F)F)c3)sc2n1)N1CCOCC1. The molecule has 1 aromatic carbocycles. The Balaban J connectivity index is 1.62. The molecule has 0 spiro atoms. The first-order valence-electron chi connectivity index (χ1n) is 7.95. The van der Waals surface area contributed by atoms with Crippen molar-refractivity contribution in [3.63, 3.8) is 0 Å². The van der Waals surface area contributed by atoms with Crippen LogP contribution in [0.4, 0.5) is 13.2 Å². The number of fused-ring (bicyclic) bond motifs is 1. The van der Waals surface area contributed by atoms with E-state index in [1.54, 1.807) is 27.8 Å². The van der Waals surface area contributed by atoms with E-state index in [4.69, 9.17) is 4.74 Å². The van der Waals surface area contributed by atoms with Gasteiger partial charge < -0.3 is 9.64 Å². The van der Waals surface area contributed by atoms with Gasteiger partial charge in [-0.1, -0.05) is 23.5 Å². The van der Waals surface area contributed by atoms with Gasteiger partial charge in [0.1, 0.15) is 5.69 Å². The second kappa shape index (κ2) is 6.40. The average Bonchev–Trinajstić information content (AvgIpc) is 3.20. The lowest BCUT2D eigenvalue weighted by Gasteiger charge is -2.25. The minimum atomic E-state index is -4.38. The highest BCUT2D eigenvalue weighted by molar-refractivity contribution is 7.20. The predicted octanol–water partition coefficient (Wildman–Crippen LogP) is 3.55. The Morgan fingerprint density at radius 2 is 1.96 bits per heavy atom. The van der Waals surface area contributed by atoms with Crippen molar-refractivity contribution >= 4 is 22.2 Å². The highest BCUT2D eigenvalue weighted by atomic mass is 32.1. The lowest BCUT2D eigenvalue weighted by molar-refractivity contribution is -0.137. The number of nitrogens with zero attached hydrogens (tertiary/aromatic N) is 3. The topological polar surface area (TPSA) is 46.8 Å². The van der Waals surface area contributed by atoms with Crippen LogP contribution in [0.2, 0.25) is 0 Å². The monoisotopic (exact) mass is 381 g/mol. The van der Waals surface area contributed by atoms with Gasteiger partial charge in [0.2, 0.25) is 0 Å². The second-order valence-corrected chi connectivity index (χ2v) is 6.90. The van der Waals surface area contributed by atoms with Gasteiger partial charge in [0.05, 0.1) is 23.7 Å². The fourth-order valence-electron chi connectivity index (χ4n) is 2.81. The van der Waals surface area contributed by atoms with E-state index in [-0.39, 0.29) is 5.91 Å². The predicted molar refractivity (Wildman–Crippen MR) is 90.2 cm³/mol. The molecule has 2 aromatic heterocycles. The molecule has 1 aliphatic heterocycles. The van der Waals surface area contributed by atoms with Gasteiger partial charge in [0, 0.05) is 25.5 Å². The minimum absolute atomic E-state index is 0.162. The van der Waals surface area contributed by atoms with Gasteiger partial charge in [-0.2, -0.15) is 13.2 Å². The van der Waals surface area contributed by atoms with Crippen molar-refractivity contribution in [3.05, 3.63) is 47.9 Å². The molecule has 1 fully saturated rings. The molecule has 5 nitrogen and oxygen atoms in total. The Morgan fingerprint density at radius 1 is 1.19 bits per heavy atom. The van der Waals surface area contributed by atoms with Crippen LogP contribution in [0.15, 0.2) is 36.7 Å². The average molecular weight is 381 g/mol. The number of imidazole rings is 1. The van der Waals surface area contributed by atoms with E-state index in [2.05, 4.69) is 4.98 Å². The molecular formula is C17H14F3N3O2S. The number of carbonyl (C=O) groups excluding carboxylic acids is 1. The maximum atomic E-state index is 12.9. The van der Waals surface area contributed by atoms with E-state index in [0.29, 0.717) is 47.4 Å². The largest absolute Gasteiger partial charge is 0.416 e. The van der Waals surface area contributed by atoms with Gasteiger partial charge in [0.15, 0.2) is 4.96 Å². The number of hydrogen-bond donors (Lipinski definition) is 0. The summed E-state index contributed by atoms with van der Waals surface area (Å²) < 4.78 is 45.5. The zero-order valence-electron chi connectivity index (χ0n) is 13.5. The van der Waals surface area contributed by atoms with Crippen LogP contribution >= 0.6 is 11.3 Å². The summed E-state index contributed by atoms with van der Waals surface area (Å²) >= 11 is 1.24. The van der Waals surface area contributed by atoms with E-state index < -0.39 is 11.7 Å². The van der Waals surface area contributed by atoms with E-state index in [1.165, 1.54) is 17.4 Å². The van der Waals surface area contributed by atoms with Crippen LogP contribution in [0.1, 0.15) is 16.1 Å². The Bertz CT molecular complexity index is 926. The molecule has 1 amide bonds. The van der Waals surface area contributed by atoms with Crippen LogP contribution in [-0.2, 0) is 10.9 Å². The van der Waals surface area contributed by atoms with Crippen molar-refractivity contribution in [1.82, 2.24) is 14.3 Å². The van der Waals surface area contributed by atoms with Crippen LogP contribution < -0.4 is 0 Å². The summed E-state index contributed by atoms with van der Waals surface area (Å²) in [6.45, 7) is 2.07. The van der Waals surface area contributed by atoms with Crippen molar-refractivity contribution in [2.75, 3.05) is 26.3 Å². The van der Waals surface area contributed by atoms with Gasteiger partial charge in [0.25, 0.3) is 5.91 Å². The number of morpholine rings is 1. The van der Waals surface area contributed by atoms with Crippen LogP contribution in [0.5, 0.6) is 0 Å². The summed E-state index contributed by atoms with van der Waals surface area (Å²) in [5, 5.41) is 0. The van der Waals surface area contributed by atoms with Crippen molar-refractivity contribution in [3.8, 4) is 10.4 Å². The molecule has 1 saturated heterocycles. The van der Waals surface area contributed by atoms with E-state index >= 15 is 0 Å². The Kier molecular flexibility index (Phi) is 4.20. The Morgan fingerprint density at radius 3 is 2.65 bits per heavy atom. The van der Waals surface area contributed by atoms with Gasteiger partial charge in [-0.15, -0.1) is 0 Å². The third kappa shape index (κ3) is 3.19. The highest BCUT2D eigenvalue weighted by Gasteiger charge is 2.30. The number of halogens is 3. The lowest BCUT2D eigenvalue weighted by Crippen LogP contribution is -2.40. The van der Waals surface area contributed by atoms with Crippen molar-refractivity contribution in [2.24, 2.45) is 0 Å². The van der Waals surface area contributed by atoms with Crippen LogP contribution in [0, 0.1) is 0 Å². The van der Waals surface area contributed by atoms with Gasteiger partial charge in [-0.05, 0) is 17.7 Å². The molecule has 0 saturated carbocycles. The lowest BCUT2D eigenvalue weighted by atomic mass is 10.1. The van der Waals surface area contributed by atoms with E-state index in [0.717, 1.165) is 12.1 Å². The number of carbonyl (C=O) groups is 1. The van der Waals surface area contributed by atoms with Crippen molar-refractivity contribution in [2.45, 2.75) is 6.18 Å². The Labute approximate surface area is 150 Å². The molecule has 0 bridgehead atoms. The first-order valence-corrected chi connectivity index (χ1v) is 8.77. The number of hydrogen-bond acceptors (Lipinski definition) is 4. The number of ether oxygens (including phenoxy) is 1. The van der Waals surface area contributed by atoms with Gasteiger partial charge >= 0.3 is 6.18 Å². The van der Waals surface area contributed by atoms with Gasteiger partial charge in [-0.25, -0.2) is 4.98 Å². The molecule has 9 heteroatoms. The smallest absolute Gasteiger partial charge is 0.378 e. The number of thiazole rings is 1. The standard InChI is InChI=1S/C17H14F3N3O2S/c18-17(19,20)12-3-1-2-11(8-12)14-10-23-9-13(21-16(23)26-14)15(24)22-4-6-25-7-5-22/h1-3,8-10H,4-7H2. The van der Waals surface area contributed by atoms with Crippen molar-refractivity contribution < 1.29 is 22.7 Å². The van der Waals surface area contributed by atoms with E-state index in [9.17, 15) is 18.0 Å². The first-order chi connectivity index (χ1) is 12.4. The third-order valence-electron chi connectivity index (χ3n) is 4.15. The summed E-state index contributed by atoms with van der Waals surface area (Å²) in [5.41, 5.74) is 0.106. The maximum Gasteiger partial charge on any atom is 0.416 e. The molecule has 3 heterocycles. The molecule has 3 aromatic rings. The zero-order chi connectivity index (χ0) is 18.3. The van der Waals surface area contributed by atoms with Crippen LogP contribution in [0.25, 0.3) is 15.4 Å². The van der Waals surface area contributed by atoms with Crippen molar-refractivity contribution in [1.29, 1.82) is 0 Å². The first kappa shape index (κ1) is 17.0. The summed E-state index contributed by atoms with van der Waals surface area (Å²) in [6, 6.07) is 5.17.